The number of hydrogen-bond acceptors (Lipinski definition) is 6. The Morgan fingerprint density at radius 2 is 2.04 bits per heavy atom. The van der Waals surface area contributed by atoms with Gasteiger partial charge in [-0.1, -0.05) is 30.1 Å². The molecule has 1 aliphatic heterocycles. The van der Waals surface area contributed by atoms with Crippen molar-refractivity contribution in [2.45, 2.75) is 19.8 Å². The summed E-state index contributed by atoms with van der Waals surface area (Å²) in [7, 11) is 1.72. The minimum Gasteiger partial charge on any atom is -0.342 e. The number of fused-ring (bicyclic) bond motifs is 1. The molecule has 0 bridgehead atoms. The molecule has 10 heteroatoms. The highest BCUT2D eigenvalue weighted by molar-refractivity contribution is 6.43. The zero-order valence-corrected chi connectivity index (χ0v) is 17.2. The van der Waals surface area contributed by atoms with Crippen molar-refractivity contribution in [1.82, 2.24) is 24.7 Å². The van der Waals surface area contributed by atoms with Gasteiger partial charge >= 0.3 is 0 Å². The maximum atomic E-state index is 13.2. The number of hydrogen-bond donors (Lipinski definition) is 2. The summed E-state index contributed by atoms with van der Waals surface area (Å²) in [5.74, 6) is 0.616. The molecule has 4 heterocycles. The van der Waals surface area contributed by atoms with Gasteiger partial charge in [-0.25, -0.2) is 4.98 Å². The van der Waals surface area contributed by atoms with Crippen LogP contribution in [0.1, 0.15) is 19.8 Å². The third-order valence-electron chi connectivity index (χ3n) is 5.63. The first-order chi connectivity index (χ1) is 13.3. The summed E-state index contributed by atoms with van der Waals surface area (Å²) < 4.78 is 1.56. The summed E-state index contributed by atoms with van der Waals surface area (Å²) in [6, 6.07) is 1.68. The van der Waals surface area contributed by atoms with E-state index in [0.717, 1.165) is 25.9 Å². The van der Waals surface area contributed by atoms with Crippen molar-refractivity contribution in [3.05, 3.63) is 32.8 Å². The minimum atomic E-state index is -0.195. The zero-order chi connectivity index (χ0) is 20.1. The number of nitrogens with zero attached hydrogens (tertiary/aromatic N) is 5. The van der Waals surface area contributed by atoms with Gasteiger partial charge in [-0.2, -0.15) is 10.1 Å². The Morgan fingerprint density at radius 1 is 1.32 bits per heavy atom. The van der Waals surface area contributed by atoms with E-state index in [0.29, 0.717) is 34.8 Å². The summed E-state index contributed by atoms with van der Waals surface area (Å²) in [5, 5.41) is 7.94. The summed E-state index contributed by atoms with van der Waals surface area (Å²) in [6.07, 6.45) is 3.44. The molecule has 3 aromatic rings. The molecule has 3 aromatic heterocycles. The Hall–Kier alpha value is -2.16. The van der Waals surface area contributed by atoms with Gasteiger partial charge in [0.05, 0.1) is 5.02 Å². The number of H-pyrrole nitrogens is 1. The van der Waals surface area contributed by atoms with E-state index in [-0.39, 0.29) is 21.2 Å². The van der Waals surface area contributed by atoms with Gasteiger partial charge in [-0.05, 0) is 30.9 Å². The number of rotatable bonds is 3. The van der Waals surface area contributed by atoms with E-state index < -0.39 is 0 Å². The fourth-order valence-electron chi connectivity index (χ4n) is 3.58. The number of nitrogens with one attached hydrogen (secondary N) is 1. The lowest BCUT2D eigenvalue weighted by molar-refractivity contribution is 0.256. The second kappa shape index (κ2) is 7.02. The molecule has 0 unspecified atom stereocenters. The summed E-state index contributed by atoms with van der Waals surface area (Å²) in [4.78, 5) is 23.9. The zero-order valence-electron chi connectivity index (χ0n) is 15.7. The highest BCUT2D eigenvalue weighted by atomic mass is 35.5. The normalized spacial score (nSPS) is 16.7. The third kappa shape index (κ3) is 3.05. The highest BCUT2D eigenvalue weighted by Gasteiger charge is 2.31. The third-order valence-corrected chi connectivity index (χ3v) is 6.39. The standard InChI is InChI=1S/C18H21Cl2N7O/c1-18(9-21)4-7-27(8-5-18)17-23-15-11(16(28)26(17)2)13(24-25-15)10-3-6-22-14(20)12(10)19/h3,6H,4-5,7-9,21H2,1-2H3,(H,24,25). The van der Waals surface area contributed by atoms with E-state index in [9.17, 15) is 4.79 Å². The van der Waals surface area contributed by atoms with Gasteiger partial charge in [0.1, 0.15) is 16.2 Å². The number of halogens is 2. The van der Waals surface area contributed by atoms with Crippen LogP contribution in [0.15, 0.2) is 17.1 Å². The van der Waals surface area contributed by atoms with Gasteiger partial charge in [-0.15, -0.1) is 0 Å². The quantitative estimate of drug-likeness (QED) is 0.629. The van der Waals surface area contributed by atoms with Crippen molar-refractivity contribution >= 4 is 40.2 Å². The number of aromatic amines is 1. The first kappa shape index (κ1) is 19.2. The van der Waals surface area contributed by atoms with Crippen LogP contribution in [0.3, 0.4) is 0 Å². The van der Waals surface area contributed by atoms with Gasteiger partial charge in [-0.3, -0.25) is 14.5 Å². The van der Waals surface area contributed by atoms with Gasteiger partial charge in [0.25, 0.3) is 5.56 Å². The second-order valence-corrected chi connectivity index (χ2v) is 8.27. The molecular formula is C18H21Cl2N7O. The molecule has 0 atom stereocenters. The maximum Gasteiger partial charge on any atom is 0.266 e. The predicted molar refractivity (Wildman–Crippen MR) is 111 cm³/mol. The molecule has 1 fully saturated rings. The Balaban J connectivity index is 1.79. The molecular weight excluding hydrogens is 401 g/mol. The van der Waals surface area contributed by atoms with Crippen LogP contribution in [0.4, 0.5) is 5.95 Å². The van der Waals surface area contributed by atoms with Crippen molar-refractivity contribution in [2.75, 3.05) is 24.5 Å². The van der Waals surface area contributed by atoms with Crippen molar-refractivity contribution in [2.24, 2.45) is 18.2 Å². The number of nitrogens with two attached hydrogens (primary N) is 1. The lowest BCUT2D eigenvalue weighted by atomic mass is 9.81. The Labute approximate surface area is 171 Å². The minimum absolute atomic E-state index is 0.137. The van der Waals surface area contributed by atoms with E-state index in [1.165, 1.54) is 6.20 Å². The van der Waals surface area contributed by atoms with Crippen molar-refractivity contribution in [3.8, 4) is 11.3 Å². The molecule has 1 saturated heterocycles. The van der Waals surface area contributed by atoms with Gasteiger partial charge < -0.3 is 10.6 Å². The lowest BCUT2D eigenvalue weighted by Gasteiger charge is -2.39. The Bertz CT molecular complexity index is 1100. The molecule has 0 aliphatic carbocycles. The Morgan fingerprint density at radius 3 is 2.71 bits per heavy atom. The molecule has 0 amide bonds. The van der Waals surface area contributed by atoms with Crippen LogP contribution >= 0.6 is 23.2 Å². The SMILES string of the molecule is Cn1c(N2CCC(C)(CN)CC2)nc2[nH]nc(-c3ccnc(Cl)c3Cl)c2c1=O. The van der Waals surface area contributed by atoms with Gasteiger partial charge in [0.2, 0.25) is 5.95 Å². The number of aromatic nitrogens is 5. The predicted octanol–water partition coefficient (Wildman–Crippen LogP) is 2.59. The van der Waals surface area contributed by atoms with Crippen LogP contribution < -0.4 is 16.2 Å². The van der Waals surface area contributed by atoms with Crippen LogP contribution in [0.25, 0.3) is 22.3 Å². The summed E-state index contributed by atoms with van der Waals surface area (Å²) in [6.45, 7) is 4.45. The van der Waals surface area contributed by atoms with Crippen molar-refractivity contribution in [1.29, 1.82) is 0 Å². The van der Waals surface area contributed by atoms with Crippen molar-refractivity contribution < 1.29 is 0 Å². The Kier molecular flexibility index (Phi) is 4.81. The van der Waals surface area contributed by atoms with E-state index in [1.807, 2.05) is 0 Å². The maximum absolute atomic E-state index is 13.2. The smallest absolute Gasteiger partial charge is 0.266 e. The molecule has 1 aliphatic rings. The summed E-state index contributed by atoms with van der Waals surface area (Å²) in [5.41, 5.74) is 7.22. The van der Waals surface area contributed by atoms with Crippen LogP contribution in [0.5, 0.6) is 0 Å². The largest absolute Gasteiger partial charge is 0.342 e. The van der Waals surface area contributed by atoms with Gasteiger partial charge in [0, 0.05) is 31.9 Å². The van der Waals surface area contributed by atoms with E-state index >= 15 is 0 Å². The van der Waals surface area contributed by atoms with E-state index in [4.69, 9.17) is 28.9 Å². The average Bonchev–Trinajstić information content (AvgIpc) is 3.11. The molecule has 4 rings (SSSR count). The molecule has 0 saturated carbocycles. The summed E-state index contributed by atoms with van der Waals surface area (Å²) >= 11 is 12.3. The van der Waals surface area contributed by atoms with Crippen LogP contribution in [-0.2, 0) is 7.05 Å². The average molecular weight is 422 g/mol. The van der Waals surface area contributed by atoms with E-state index in [1.54, 1.807) is 17.7 Å². The van der Waals surface area contributed by atoms with Crippen LogP contribution in [0.2, 0.25) is 10.2 Å². The number of piperidine rings is 1. The number of anilines is 1. The molecule has 3 N–H and O–H groups in total. The molecule has 28 heavy (non-hydrogen) atoms. The fourth-order valence-corrected chi connectivity index (χ4v) is 3.94. The molecule has 0 aromatic carbocycles. The van der Waals surface area contributed by atoms with Crippen LogP contribution in [-0.4, -0.2) is 44.4 Å². The second-order valence-electron chi connectivity index (χ2n) is 7.54. The monoisotopic (exact) mass is 421 g/mol. The molecule has 8 nitrogen and oxygen atoms in total. The number of pyridine rings is 1. The molecule has 0 spiro atoms. The van der Waals surface area contributed by atoms with Gasteiger partial charge in [0.15, 0.2) is 5.65 Å². The lowest BCUT2D eigenvalue weighted by Crippen LogP contribution is -2.44. The van der Waals surface area contributed by atoms with Crippen molar-refractivity contribution in [3.63, 3.8) is 0 Å². The fraction of sp³-hybridized carbons (Fsp3) is 0.444. The topological polar surface area (TPSA) is 106 Å². The molecule has 0 radical (unpaired) electrons. The van der Waals surface area contributed by atoms with E-state index in [2.05, 4.69) is 32.0 Å². The highest BCUT2D eigenvalue weighted by Crippen LogP contribution is 2.34. The van der Waals surface area contributed by atoms with Crippen LogP contribution in [0, 0.1) is 5.41 Å². The molecule has 148 valence electrons. The first-order valence-corrected chi connectivity index (χ1v) is 9.81. The first-order valence-electron chi connectivity index (χ1n) is 9.05.